The molecule has 36 heavy (non-hydrogen) atoms. The number of rotatable bonds is 7. The highest BCUT2D eigenvalue weighted by molar-refractivity contribution is 7.16. The number of carbonyl (C=O) groups excluding carboxylic acids is 3. The van der Waals surface area contributed by atoms with E-state index >= 15 is 0 Å². The number of aromatic nitrogens is 3. The first-order chi connectivity index (χ1) is 17.5. The van der Waals surface area contributed by atoms with Gasteiger partial charge in [0, 0.05) is 24.5 Å². The molecule has 10 nitrogen and oxygen atoms in total. The van der Waals surface area contributed by atoms with E-state index in [9.17, 15) is 14.4 Å². The molecule has 2 aliphatic heterocycles. The SMILES string of the molecule is O=C(CN1CCOCC1)N1CCCC(c2nc(OCc3ccc(Cl)s3)n(C(=O)c3cccs3)n2)C1=O. The standard InChI is InChI=1S/C23H24ClN5O5S2/c24-18-6-5-15(36-18)14-34-23-25-20(26-29(23)22(32)17-4-2-12-35-17)16-3-1-7-28(21(16)31)19(30)13-27-8-10-33-11-9-27/h2,4-6,12,16H,1,3,7-11,13-14H2. The van der Waals surface area contributed by atoms with E-state index in [0.717, 1.165) is 9.56 Å². The molecule has 2 fully saturated rings. The molecule has 0 N–H and O–H groups in total. The van der Waals surface area contributed by atoms with Crippen LogP contribution in [0.3, 0.4) is 0 Å². The van der Waals surface area contributed by atoms with Crippen LogP contribution in [0.15, 0.2) is 29.6 Å². The third-order valence-electron chi connectivity index (χ3n) is 6.00. The molecule has 0 radical (unpaired) electrons. The summed E-state index contributed by atoms with van der Waals surface area (Å²) in [5, 5.41) is 6.19. The highest BCUT2D eigenvalue weighted by Crippen LogP contribution is 2.29. The topological polar surface area (TPSA) is 107 Å². The Kier molecular flexibility index (Phi) is 7.77. The van der Waals surface area contributed by atoms with Crippen LogP contribution in [0.2, 0.25) is 4.34 Å². The summed E-state index contributed by atoms with van der Waals surface area (Å²) in [6, 6.07) is 7.05. The lowest BCUT2D eigenvalue weighted by molar-refractivity contribution is -0.149. The fourth-order valence-electron chi connectivity index (χ4n) is 4.15. The van der Waals surface area contributed by atoms with Gasteiger partial charge in [-0.1, -0.05) is 17.7 Å². The molecular formula is C23H24ClN5O5S2. The van der Waals surface area contributed by atoms with Crippen molar-refractivity contribution in [3.05, 3.63) is 49.6 Å². The maximum atomic E-state index is 13.3. The van der Waals surface area contributed by atoms with Crippen LogP contribution in [0.5, 0.6) is 6.01 Å². The molecular weight excluding hydrogens is 526 g/mol. The number of hydrogen-bond donors (Lipinski definition) is 0. The Morgan fingerprint density at radius 1 is 1.19 bits per heavy atom. The first kappa shape index (κ1) is 25.0. The minimum Gasteiger partial charge on any atom is -0.458 e. The van der Waals surface area contributed by atoms with Crippen molar-refractivity contribution in [1.29, 1.82) is 0 Å². The van der Waals surface area contributed by atoms with Gasteiger partial charge in [0.05, 0.1) is 29.0 Å². The number of thiophene rings is 2. The number of amides is 2. The van der Waals surface area contributed by atoms with Crippen LogP contribution in [-0.2, 0) is 20.9 Å². The van der Waals surface area contributed by atoms with Gasteiger partial charge in [-0.2, -0.15) is 4.98 Å². The first-order valence-corrected chi connectivity index (χ1v) is 13.6. The van der Waals surface area contributed by atoms with Crippen LogP contribution in [0.1, 0.15) is 39.1 Å². The lowest BCUT2D eigenvalue weighted by Crippen LogP contribution is -2.50. The Morgan fingerprint density at radius 2 is 2.03 bits per heavy atom. The summed E-state index contributed by atoms with van der Waals surface area (Å²) < 4.78 is 12.9. The second-order valence-corrected chi connectivity index (χ2v) is 11.2. The summed E-state index contributed by atoms with van der Waals surface area (Å²) in [5.41, 5.74) is 0. The molecule has 0 spiro atoms. The summed E-state index contributed by atoms with van der Waals surface area (Å²) in [6.45, 7) is 3.13. The number of piperidine rings is 1. The van der Waals surface area contributed by atoms with Gasteiger partial charge in [0.15, 0.2) is 5.82 Å². The van der Waals surface area contributed by atoms with Crippen molar-refractivity contribution in [2.45, 2.75) is 25.4 Å². The van der Waals surface area contributed by atoms with Crippen LogP contribution in [0.25, 0.3) is 0 Å². The molecule has 3 aromatic rings. The predicted octanol–water partition coefficient (Wildman–Crippen LogP) is 2.89. The van der Waals surface area contributed by atoms with E-state index in [2.05, 4.69) is 10.1 Å². The molecule has 13 heteroatoms. The summed E-state index contributed by atoms with van der Waals surface area (Å²) in [7, 11) is 0. The van der Waals surface area contributed by atoms with Gasteiger partial charge in [-0.3, -0.25) is 24.2 Å². The maximum absolute atomic E-state index is 13.3. The average molecular weight is 550 g/mol. The van der Waals surface area contributed by atoms with Crippen molar-refractivity contribution in [3.8, 4) is 6.01 Å². The van der Waals surface area contributed by atoms with Crippen LogP contribution < -0.4 is 4.74 Å². The number of nitrogens with zero attached hydrogens (tertiary/aromatic N) is 5. The largest absolute Gasteiger partial charge is 0.458 e. The minimum absolute atomic E-state index is 0.00232. The molecule has 2 amide bonds. The maximum Gasteiger partial charge on any atom is 0.323 e. The van der Waals surface area contributed by atoms with Crippen molar-refractivity contribution in [1.82, 2.24) is 24.6 Å². The number of morpholine rings is 1. The summed E-state index contributed by atoms with van der Waals surface area (Å²) in [6.07, 6.45) is 1.11. The summed E-state index contributed by atoms with van der Waals surface area (Å²) >= 11 is 8.65. The van der Waals surface area contributed by atoms with E-state index in [1.807, 2.05) is 11.0 Å². The number of likely N-dealkylation sites (tertiary alicyclic amines) is 1. The molecule has 5 heterocycles. The lowest BCUT2D eigenvalue weighted by atomic mass is 9.96. The molecule has 1 atom stereocenters. The highest BCUT2D eigenvalue weighted by Gasteiger charge is 2.37. The molecule has 3 aromatic heterocycles. The van der Waals surface area contributed by atoms with Crippen LogP contribution >= 0.6 is 34.3 Å². The molecule has 2 saturated heterocycles. The van der Waals surface area contributed by atoms with Crippen molar-refractivity contribution in [2.24, 2.45) is 0 Å². The number of hydrogen-bond acceptors (Lipinski definition) is 10. The first-order valence-electron chi connectivity index (χ1n) is 11.6. The molecule has 2 aliphatic rings. The van der Waals surface area contributed by atoms with Crippen molar-refractivity contribution in [2.75, 3.05) is 39.4 Å². The Hall–Kier alpha value is -2.64. The van der Waals surface area contributed by atoms with Gasteiger partial charge < -0.3 is 9.47 Å². The smallest absolute Gasteiger partial charge is 0.323 e. The van der Waals surface area contributed by atoms with Gasteiger partial charge in [-0.25, -0.2) is 0 Å². The van der Waals surface area contributed by atoms with Gasteiger partial charge in [-0.15, -0.1) is 32.5 Å². The zero-order chi connectivity index (χ0) is 25.1. The van der Waals surface area contributed by atoms with Crippen molar-refractivity contribution >= 4 is 52.0 Å². The predicted molar refractivity (Wildman–Crippen MR) is 134 cm³/mol. The normalized spacial score (nSPS) is 19.0. The van der Waals surface area contributed by atoms with Gasteiger partial charge >= 0.3 is 6.01 Å². The number of imide groups is 1. The fourth-order valence-corrected chi connectivity index (χ4v) is 5.80. The Bertz CT molecular complexity index is 1240. The Morgan fingerprint density at radius 3 is 2.75 bits per heavy atom. The van der Waals surface area contributed by atoms with E-state index in [1.165, 1.54) is 27.6 Å². The zero-order valence-electron chi connectivity index (χ0n) is 19.3. The number of carbonyl (C=O) groups is 3. The quantitative estimate of drug-likeness (QED) is 0.443. The molecule has 1 unspecified atom stereocenters. The number of ether oxygens (including phenoxy) is 2. The Balaban J connectivity index is 1.36. The number of halogens is 1. The van der Waals surface area contributed by atoms with E-state index in [0.29, 0.717) is 54.9 Å². The third-order valence-corrected chi connectivity index (χ3v) is 8.07. The molecule has 5 rings (SSSR count). The summed E-state index contributed by atoms with van der Waals surface area (Å²) in [5.74, 6) is -1.55. The minimum atomic E-state index is -0.733. The van der Waals surface area contributed by atoms with E-state index in [1.54, 1.807) is 23.6 Å². The highest BCUT2D eigenvalue weighted by atomic mass is 35.5. The molecule has 0 bridgehead atoms. The molecule has 190 valence electrons. The van der Waals surface area contributed by atoms with Crippen LogP contribution in [-0.4, -0.2) is 81.7 Å². The second-order valence-electron chi connectivity index (χ2n) is 8.41. The van der Waals surface area contributed by atoms with Gasteiger partial charge in [0.1, 0.15) is 12.5 Å². The van der Waals surface area contributed by atoms with Crippen LogP contribution in [0, 0.1) is 0 Å². The molecule has 0 aliphatic carbocycles. The van der Waals surface area contributed by atoms with Gasteiger partial charge in [-0.05, 0) is 36.4 Å². The van der Waals surface area contributed by atoms with Crippen LogP contribution in [0.4, 0.5) is 0 Å². The van der Waals surface area contributed by atoms with E-state index in [4.69, 9.17) is 21.1 Å². The van der Waals surface area contributed by atoms with Crippen molar-refractivity contribution < 1.29 is 23.9 Å². The van der Waals surface area contributed by atoms with E-state index < -0.39 is 11.8 Å². The van der Waals surface area contributed by atoms with E-state index in [-0.39, 0.29) is 36.8 Å². The average Bonchev–Trinajstić information content (AvgIpc) is 3.64. The zero-order valence-corrected chi connectivity index (χ0v) is 21.7. The summed E-state index contributed by atoms with van der Waals surface area (Å²) in [4.78, 5) is 48.5. The third kappa shape index (κ3) is 5.52. The van der Waals surface area contributed by atoms with Crippen molar-refractivity contribution in [3.63, 3.8) is 0 Å². The fraction of sp³-hybridized carbons (Fsp3) is 0.435. The monoisotopic (exact) mass is 549 g/mol. The lowest BCUT2D eigenvalue weighted by Gasteiger charge is -2.32. The van der Waals surface area contributed by atoms with Gasteiger partial charge in [0.2, 0.25) is 11.8 Å². The van der Waals surface area contributed by atoms with Gasteiger partial charge in [0.25, 0.3) is 5.91 Å². The molecule has 0 aromatic carbocycles. The molecule has 0 saturated carbocycles. The Labute approximate surface area is 220 Å². The second kappa shape index (κ2) is 11.2.